The van der Waals surface area contributed by atoms with Crippen molar-refractivity contribution in [3.05, 3.63) is 233 Å². The number of hydrogen-bond donors (Lipinski definition) is 0. The van der Waals surface area contributed by atoms with Crippen molar-refractivity contribution in [3.8, 4) is 78.6 Å². The number of hydrogen-bond acceptors (Lipinski definition) is 4. The van der Waals surface area contributed by atoms with Gasteiger partial charge in [-0.05, 0) is 17.7 Å². The van der Waals surface area contributed by atoms with Crippen molar-refractivity contribution < 1.29 is 40.5 Å². The fourth-order valence-corrected chi connectivity index (χ4v) is 12.5. The number of anilines is 4. The van der Waals surface area contributed by atoms with Crippen LogP contribution in [0.15, 0.2) is 218 Å². The van der Waals surface area contributed by atoms with Crippen LogP contribution < -0.4 is 19.8 Å². The van der Waals surface area contributed by atoms with Crippen LogP contribution in [0.1, 0.15) is 62.2 Å². The molecular weight excluding hydrogens is 1110 g/mol. The second-order valence-corrected chi connectivity index (χ2v) is 21.6. The molecule has 2 aromatic heterocycles. The van der Waals surface area contributed by atoms with Crippen molar-refractivity contribution in [2.75, 3.05) is 9.62 Å². The molecule has 14 rings (SSSR count). The Kier molecular flexibility index (Phi) is 8.29. The van der Waals surface area contributed by atoms with Crippen molar-refractivity contribution >= 4 is 46.4 Å². The number of fused-ring (bicyclic) bond motifs is 10. The molecule has 0 fully saturated rings. The second-order valence-electron chi connectivity index (χ2n) is 20.6. The van der Waals surface area contributed by atoms with Crippen molar-refractivity contribution in [1.82, 2.24) is 14.1 Å². The van der Waals surface area contributed by atoms with Crippen molar-refractivity contribution in [2.45, 2.75) is 46.4 Å². The van der Waals surface area contributed by atoms with E-state index >= 15 is 0 Å². The molecule has 5 heterocycles. The molecule has 370 valence electrons. The molecule has 0 radical (unpaired) electrons. The fourth-order valence-electron chi connectivity index (χ4n) is 11.4. The number of nitrogens with zero attached hydrogens (tertiary/aromatic N) is 5. The molecule has 0 N–H and O–H groups in total. The number of para-hydroxylation sites is 6. The maximum atomic E-state index is 10.3. The van der Waals surface area contributed by atoms with Gasteiger partial charge in [0.15, 0.2) is 0 Å². The zero-order valence-electron chi connectivity index (χ0n) is 54.1. The molecule has 0 bridgehead atoms. The molecule has 9 aromatic carbocycles. The van der Waals surface area contributed by atoms with Gasteiger partial charge in [-0.25, -0.2) is 0 Å². The summed E-state index contributed by atoms with van der Waals surface area (Å²) in [4.78, 5) is 9.90. The van der Waals surface area contributed by atoms with Crippen LogP contribution in [0.5, 0.6) is 11.6 Å². The first-order chi connectivity index (χ1) is 42.0. The first kappa shape index (κ1) is 35.1. The Bertz CT molecular complexity index is 4850. The molecule has 0 spiro atoms. The summed E-state index contributed by atoms with van der Waals surface area (Å²) in [7, 11) is 0. The number of benzene rings is 9. The van der Waals surface area contributed by atoms with Crippen LogP contribution in [0.3, 0.4) is 0 Å². The van der Waals surface area contributed by atoms with E-state index in [1.54, 1.807) is 26.0 Å². The monoisotopic (exact) mass is 1170 g/mol. The van der Waals surface area contributed by atoms with E-state index in [4.69, 9.17) is 17.9 Å². The van der Waals surface area contributed by atoms with Crippen LogP contribution in [0.4, 0.5) is 22.9 Å². The molecule has 8 heteroatoms. The Hall–Kier alpha value is -8.25. The zero-order valence-corrected chi connectivity index (χ0v) is 44.4. The van der Waals surface area contributed by atoms with Crippen LogP contribution >= 0.6 is 0 Å². The molecule has 0 unspecified atom stereocenters. The molecule has 6 nitrogen and oxygen atoms in total. The van der Waals surface area contributed by atoms with Crippen molar-refractivity contribution in [3.63, 3.8) is 0 Å². The Labute approximate surface area is 472 Å². The molecule has 0 saturated heterocycles. The van der Waals surface area contributed by atoms with E-state index in [0.29, 0.717) is 37.7 Å². The SMILES string of the molecule is [2H]c1c([2H])c([2H])c(-c2cccc(-c3ccc(C(C)(C)C)cc3)c2-n2[c](=[Pt])n(-c3cccc(Oc4nc5c(c(C([2H])([2H])C(C)C)c4-c4c([2H])c([2H])c([2H])c([2H])c4[2H])-c4cccc6c4B4N(c7ccccc7-6)c6ccccc6N45)c3)c3ccccc32)c([2H])c1[2H]. The number of aromatic nitrogens is 3. The molecule has 76 heavy (non-hydrogen) atoms. The topological polar surface area (TPSA) is 38.5 Å². The standard InChI is InChI=1S/C68H54BN5O.Pt/c1-44(2)41-56-62(47-23-10-7-11-24-47)67(70-66-63(56)55-31-20-30-54-53-27-12-13-32-57(53)73-60-35-16-17-36-61(60)74(66)69(73)64(54)55)75-50-26-18-25-49(42-50)71-43-72(59-34-15-14-33-58(59)71)65-51(45-21-8-6-9-22-45)28-19-29-52(65)46-37-39-48(40-38-46)68(3,4)5;/h6-40,42,44H,41H2,1-5H3;/i6D,7D,8D,9D,10D,11D,21D,22D,23D,24D,41D2;. The molecule has 0 saturated carbocycles. The van der Waals surface area contributed by atoms with Crippen molar-refractivity contribution in [1.29, 1.82) is 0 Å². The summed E-state index contributed by atoms with van der Waals surface area (Å²) in [6.07, 6.45) is -2.26. The number of imidazole rings is 1. The number of ether oxygens (including phenoxy) is 1. The summed E-state index contributed by atoms with van der Waals surface area (Å²) in [5.41, 5.74) is 12.0. The zero-order chi connectivity index (χ0) is 61.9. The van der Waals surface area contributed by atoms with Gasteiger partial charge < -0.3 is 0 Å². The summed E-state index contributed by atoms with van der Waals surface area (Å²) < 4.78 is 123. The van der Waals surface area contributed by atoms with E-state index in [-0.39, 0.29) is 51.4 Å². The minimum absolute atomic E-state index is 0.0426. The van der Waals surface area contributed by atoms with Crippen LogP contribution in [0, 0.1) is 9.72 Å². The summed E-state index contributed by atoms with van der Waals surface area (Å²) >= 11 is 2.26. The van der Waals surface area contributed by atoms with Gasteiger partial charge in [-0.2, -0.15) is 0 Å². The Morgan fingerprint density at radius 3 is 1.86 bits per heavy atom. The predicted molar refractivity (Wildman–Crippen MR) is 311 cm³/mol. The van der Waals surface area contributed by atoms with E-state index in [0.717, 1.165) is 61.4 Å². The van der Waals surface area contributed by atoms with Gasteiger partial charge in [-0.1, -0.05) is 42.5 Å². The van der Waals surface area contributed by atoms with E-state index in [9.17, 15) is 8.22 Å². The fraction of sp³-hybridized carbons (Fsp3) is 0.118. The Balaban J connectivity index is 1.03. The van der Waals surface area contributed by atoms with E-state index in [1.807, 2.05) is 118 Å². The molecule has 0 atom stereocenters. The van der Waals surface area contributed by atoms with Crippen LogP contribution in [0.2, 0.25) is 0 Å². The van der Waals surface area contributed by atoms with Gasteiger partial charge in [-0.15, -0.1) is 0 Å². The van der Waals surface area contributed by atoms with E-state index in [1.165, 1.54) is 0 Å². The van der Waals surface area contributed by atoms with Gasteiger partial charge in [0.2, 0.25) is 0 Å². The van der Waals surface area contributed by atoms with Gasteiger partial charge in [-0.3, -0.25) is 0 Å². The Morgan fingerprint density at radius 2 is 1.16 bits per heavy atom. The Morgan fingerprint density at radius 1 is 0.579 bits per heavy atom. The van der Waals surface area contributed by atoms with Crippen molar-refractivity contribution in [2.24, 2.45) is 5.92 Å². The summed E-state index contributed by atoms with van der Waals surface area (Å²) in [5, 5.41) is 0. The summed E-state index contributed by atoms with van der Waals surface area (Å²) in [5.74, 6) is -0.330. The third-order valence-electron chi connectivity index (χ3n) is 14.6. The number of pyridine rings is 1. The predicted octanol–water partition coefficient (Wildman–Crippen LogP) is 16.8. The quantitative estimate of drug-likeness (QED) is 0.135. The first-order valence-corrected chi connectivity index (χ1v) is 26.5. The van der Waals surface area contributed by atoms with E-state index in [2.05, 4.69) is 86.1 Å². The van der Waals surface area contributed by atoms with Gasteiger partial charge in [0.05, 0.1) is 1.37 Å². The molecular formula is C68H54BN5OPt. The second kappa shape index (κ2) is 18.0. The minimum atomic E-state index is -2.26. The first-order valence-electron chi connectivity index (χ1n) is 31.4. The van der Waals surface area contributed by atoms with Gasteiger partial charge in [0.1, 0.15) is 0 Å². The van der Waals surface area contributed by atoms with Gasteiger partial charge in [0, 0.05) is 11.3 Å². The van der Waals surface area contributed by atoms with E-state index < -0.39 is 67.6 Å². The average Bonchev–Trinajstić information content (AvgIpc) is 1.18. The third-order valence-corrected chi connectivity index (χ3v) is 15.6. The number of rotatable bonds is 9. The summed E-state index contributed by atoms with van der Waals surface area (Å²) in [6, 6.07) is 46.1. The summed E-state index contributed by atoms with van der Waals surface area (Å²) in [6.45, 7) is 9.49. The van der Waals surface area contributed by atoms with Gasteiger partial charge >= 0.3 is 402 Å². The average molecular weight is 1180 g/mol. The van der Waals surface area contributed by atoms with Crippen LogP contribution in [0.25, 0.3) is 78.0 Å². The van der Waals surface area contributed by atoms with Crippen LogP contribution in [-0.4, -0.2) is 21.1 Å². The molecule has 0 aliphatic carbocycles. The molecule has 3 aliphatic rings. The third kappa shape index (κ3) is 7.27. The van der Waals surface area contributed by atoms with Gasteiger partial charge in [0.25, 0.3) is 0 Å². The molecule has 3 aliphatic heterocycles. The maximum absolute atomic E-state index is 10.3. The molecule has 11 aromatic rings. The molecule has 0 amide bonds. The normalized spacial score (nSPS) is 15.4. The van der Waals surface area contributed by atoms with Crippen LogP contribution in [-0.2, 0) is 31.1 Å².